The van der Waals surface area contributed by atoms with Crippen LogP contribution in [0, 0.1) is 5.92 Å². The van der Waals surface area contributed by atoms with Crippen molar-refractivity contribution in [3.63, 3.8) is 0 Å². The molecule has 3 heteroatoms. The summed E-state index contributed by atoms with van der Waals surface area (Å²) < 4.78 is 2.34. The summed E-state index contributed by atoms with van der Waals surface area (Å²) in [7, 11) is 0. The minimum absolute atomic E-state index is 0.733. The fourth-order valence-electron chi connectivity index (χ4n) is 2.03. The van der Waals surface area contributed by atoms with Crippen molar-refractivity contribution in [1.29, 1.82) is 0 Å². The van der Waals surface area contributed by atoms with Gasteiger partial charge < -0.3 is 9.88 Å². The molecule has 0 aromatic carbocycles. The van der Waals surface area contributed by atoms with E-state index in [0.29, 0.717) is 0 Å². The fourth-order valence-corrected chi connectivity index (χ4v) is 2.03. The van der Waals surface area contributed by atoms with E-state index >= 15 is 0 Å². The Hall–Kier alpha value is -0.830. The van der Waals surface area contributed by atoms with Crippen LogP contribution in [-0.4, -0.2) is 16.1 Å². The third-order valence-corrected chi connectivity index (χ3v) is 3.07. The van der Waals surface area contributed by atoms with Crippen molar-refractivity contribution in [3.8, 4) is 0 Å². The van der Waals surface area contributed by atoms with E-state index < -0.39 is 0 Å². The van der Waals surface area contributed by atoms with Crippen molar-refractivity contribution in [2.24, 2.45) is 5.92 Å². The zero-order valence-electron chi connectivity index (χ0n) is 9.03. The molecular formula is C11H19N3. The summed E-state index contributed by atoms with van der Waals surface area (Å²) in [6, 6.07) is 0.733. The van der Waals surface area contributed by atoms with E-state index in [1.165, 1.54) is 18.5 Å². The van der Waals surface area contributed by atoms with E-state index in [1.54, 1.807) is 0 Å². The Bertz CT molecular complexity index is 292. The Morgan fingerprint density at radius 3 is 3.07 bits per heavy atom. The number of hydrogen-bond acceptors (Lipinski definition) is 2. The molecule has 78 valence electrons. The van der Waals surface area contributed by atoms with Gasteiger partial charge in [0.25, 0.3) is 0 Å². The first kappa shape index (κ1) is 9.71. The minimum atomic E-state index is 0.733. The zero-order chi connectivity index (χ0) is 9.97. The normalized spacial score (nSPS) is 25.3. The highest BCUT2D eigenvalue weighted by Crippen LogP contribution is 2.45. The smallest absolute Gasteiger partial charge is 0.0951 e. The van der Waals surface area contributed by atoms with Crippen LogP contribution in [0.3, 0.4) is 0 Å². The topological polar surface area (TPSA) is 29.9 Å². The number of rotatable bonds is 5. The van der Waals surface area contributed by atoms with Crippen LogP contribution in [-0.2, 0) is 6.54 Å². The molecule has 1 fully saturated rings. The summed E-state index contributed by atoms with van der Waals surface area (Å²) in [6.07, 6.45) is 6.59. The van der Waals surface area contributed by atoms with E-state index in [4.69, 9.17) is 0 Å². The van der Waals surface area contributed by atoms with E-state index in [0.717, 1.165) is 25.0 Å². The van der Waals surface area contributed by atoms with Crippen molar-refractivity contribution in [3.05, 3.63) is 18.2 Å². The molecule has 0 bridgehead atoms. The Balaban J connectivity index is 2.00. The Labute approximate surface area is 85.5 Å². The Morgan fingerprint density at radius 2 is 2.43 bits per heavy atom. The molecule has 2 rings (SSSR count). The summed E-state index contributed by atoms with van der Waals surface area (Å²) >= 11 is 0. The molecule has 1 aromatic rings. The molecule has 1 aliphatic carbocycles. The predicted molar refractivity (Wildman–Crippen MR) is 57.0 cm³/mol. The third-order valence-electron chi connectivity index (χ3n) is 3.07. The highest BCUT2D eigenvalue weighted by molar-refractivity contribution is 5.05. The maximum Gasteiger partial charge on any atom is 0.0951 e. The molecule has 3 nitrogen and oxygen atoms in total. The Morgan fingerprint density at radius 1 is 1.57 bits per heavy atom. The quantitative estimate of drug-likeness (QED) is 0.774. The van der Waals surface area contributed by atoms with Crippen molar-refractivity contribution in [2.45, 2.75) is 39.3 Å². The molecule has 0 spiro atoms. The van der Waals surface area contributed by atoms with Crippen LogP contribution in [0.1, 0.15) is 38.4 Å². The van der Waals surface area contributed by atoms with Gasteiger partial charge in [-0.05, 0) is 18.9 Å². The van der Waals surface area contributed by atoms with E-state index in [1.807, 2.05) is 12.5 Å². The zero-order valence-corrected chi connectivity index (χ0v) is 9.03. The van der Waals surface area contributed by atoms with Crippen molar-refractivity contribution < 1.29 is 0 Å². The molecule has 0 amide bonds. The van der Waals surface area contributed by atoms with Gasteiger partial charge in [0, 0.05) is 18.8 Å². The van der Waals surface area contributed by atoms with Gasteiger partial charge in [-0.15, -0.1) is 0 Å². The van der Waals surface area contributed by atoms with E-state index in [2.05, 4.69) is 28.7 Å². The molecule has 0 saturated heterocycles. The van der Waals surface area contributed by atoms with Gasteiger partial charge >= 0.3 is 0 Å². The second-order valence-electron chi connectivity index (χ2n) is 4.04. The first-order valence-corrected chi connectivity index (χ1v) is 5.58. The molecule has 1 saturated carbocycles. The first-order chi connectivity index (χ1) is 6.86. The molecular weight excluding hydrogens is 174 g/mol. The largest absolute Gasteiger partial charge is 0.330 e. The highest BCUT2D eigenvalue weighted by Gasteiger charge is 2.37. The predicted octanol–water partition coefficient (Wildman–Crippen LogP) is 1.96. The van der Waals surface area contributed by atoms with Crippen LogP contribution in [0.2, 0.25) is 0 Å². The molecule has 2 unspecified atom stereocenters. The number of nitrogens with zero attached hydrogens (tertiary/aromatic N) is 2. The lowest BCUT2D eigenvalue weighted by molar-refractivity contribution is 0.592. The summed E-state index contributed by atoms with van der Waals surface area (Å²) in [5.74, 6) is 0.893. The van der Waals surface area contributed by atoms with E-state index in [9.17, 15) is 0 Å². The lowest BCUT2D eigenvalue weighted by Gasteiger charge is -2.07. The third kappa shape index (κ3) is 1.82. The standard InChI is InChI=1S/C11H19N3/c1-3-9-5-11(9)14-8-13-7-10(14)6-12-4-2/h7-9,11-12H,3-6H2,1-2H3. The minimum Gasteiger partial charge on any atom is -0.330 e. The summed E-state index contributed by atoms with van der Waals surface area (Å²) in [4.78, 5) is 4.23. The van der Waals surface area contributed by atoms with Gasteiger partial charge in [0.05, 0.1) is 12.0 Å². The molecule has 1 heterocycles. The molecule has 1 aliphatic rings. The van der Waals surface area contributed by atoms with Crippen LogP contribution in [0.5, 0.6) is 0 Å². The monoisotopic (exact) mass is 193 g/mol. The molecule has 14 heavy (non-hydrogen) atoms. The van der Waals surface area contributed by atoms with Gasteiger partial charge in [0.15, 0.2) is 0 Å². The molecule has 0 radical (unpaired) electrons. The van der Waals surface area contributed by atoms with Crippen molar-refractivity contribution in [1.82, 2.24) is 14.9 Å². The summed E-state index contributed by atoms with van der Waals surface area (Å²) in [5.41, 5.74) is 1.33. The van der Waals surface area contributed by atoms with E-state index in [-0.39, 0.29) is 0 Å². The van der Waals surface area contributed by atoms with Gasteiger partial charge in [-0.2, -0.15) is 0 Å². The van der Waals surface area contributed by atoms with Crippen LogP contribution in [0.4, 0.5) is 0 Å². The van der Waals surface area contributed by atoms with Gasteiger partial charge in [-0.25, -0.2) is 4.98 Å². The maximum atomic E-state index is 4.23. The van der Waals surface area contributed by atoms with Crippen LogP contribution < -0.4 is 5.32 Å². The number of nitrogens with one attached hydrogen (secondary N) is 1. The molecule has 1 aromatic heterocycles. The lowest BCUT2D eigenvalue weighted by Crippen LogP contribution is -2.15. The van der Waals surface area contributed by atoms with Gasteiger partial charge in [0.2, 0.25) is 0 Å². The van der Waals surface area contributed by atoms with Crippen LogP contribution in [0.25, 0.3) is 0 Å². The SMILES string of the molecule is CCNCc1cncn1C1CC1CC. The fraction of sp³-hybridized carbons (Fsp3) is 0.727. The molecule has 2 atom stereocenters. The highest BCUT2D eigenvalue weighted by atomic mass is 15.1. The number of aromatic nitrogens is 2. The van der Waals surface area contributed by atoms with Crippen LogP contribution >= 0.6 is 0 Å². The van der Waals surface area contributed by atoms with Gasteiger partial charge in [-0.1, -0.05) is 20.3 Å². The summed E-state index contributed by atoms with van der Waals surface area (Å²) in [5, 5.41) is 3.35. The number of imidazole rings is 1. The van der Waals surface area contributed by atoms with Crippen molar-refractivity contribution in [2.75, 3.05) is 6.54 Å². The second-order valence-corrected chi connectivity index (χ2v) is 4.04. The second kappa shape index (κ2) is 4.13. The number of hydrogen-bond donors (Lipinski definition) is 1. The lowest BCUT2D eigenvalue weighted by atomic mass is 10.3. The molecule has 1 N–H and O–H groups in total. The first-order valence-electron chi connectivity index (χ1n) is 5.58. The van der Waals surface area contributed by atoms with Gasteiger partial charge in [0.1, 0.15) is 0 Å². The Kier molecular flexibility index (Phi) is 2.87. The molecule has 0 aliphatic heterocycles. The average Bonchev–Trinajstić information content (AvgIpc) is 2.85. The maximum absolute atomic E-state index is 4.23. The van der Waals surface area contributed by atoms with Crippen LogP contribution in [0.15, 0.2) is 12.5 Å². The summed E-state index contributed by atoms with van der Waals surface area (Å²) in [6.45, 7) is 6.37. The van der Waals surface area contributed by atoms with Crippen molar-refractivity contribution >= 4 is 0 Å². The van der Waals surface area contributed by atoms with Gasteiger partial charge in [-0.3, -0.25) is 0 Å². The average molecular weight is 193 g/mol.